The quantitative estimate of drug-likeness (QED) is 0.572. The lowest BCUT2D eigenvalue weighted by Gasteiger charge is -2.21. The molecule has 2 atom stereocenters. The Balaban J connectivity index is 1.89. The molecule has 1 aromatic heterocycles. The molecule has 1 N–H and O–H groups in total. The fraction of sp³-hybridized carbons (Fsp3) is 0.643. The molecule has 116 valence electrons. The van der Waals surface area contributed by atoms with Gasteiger partial charge in [-0.25, -0.2) is 0 Å². The number of carboxylic acids is 1. The zero-order valence-electron chi connectivity index (χ0n) is 12.0. The predicted molar refractivity (Wildman–Crippen MR) is 72.9 cm³/mol. The number of nitrogens with zero attached hydrogens (tertiary/aromatic N) is 2. The minimum absolute atomic E-state index is 0.247. The van der Waals surface area contributed by atoms with Crippen molar-refractivity contribution in [2.24, 2.45) is 5.92 Å². The van der Waals surface area contributed by atoms with Crippen molar-refractivity contribution < 1.29 is 23.9 Å². The van der Waals surface area contributed by atoms with Gasteiger partial charge in [-0.15, -0.1) is 0 Å². The number of allylic oxidation sites excluding steroid dienone is 2. The van der Waals surface area contributed by atoms with Crippen LogP contribution in [-0.2, 0) is 20.7 Å². The minimum atomic E-state index is -0.827. The Bertz CT molecular complexity index is 485. The first-order chi connectivity index (χ1) is 10.2. The largest absolute Gasteiger partial charge is 0.481 e. The van der Waals surface area contributed by atoms with Crippen LogP contribution in [0.3, 0.4) is 0 Å². The molecule has 0 amide bonds. The van der Waals surface area contributed by atoms with E-state index < -0.39 is 11.9 Å². The molecule has 0 radical (unpaired) electrons. The third-order valence-electron chi connectivity index (χ3n) is 3.45. The average Bonchev–Trinajstić information content (AvgIpc) is 2.96. The summed E-state index contributed by atoms with van der Waals surface area (Å²) in [6, 6.07) is 0. The van der Waals surface area contributed by atoms with Crippen LogP contribution in [0.2, 0.25) is 0 Å². The molecule has 2 rings (SSSR count). The highest BCUT2D eigenvalue weighted by atomic mass is 16.5. The lowest BCUT2D eigenvalue weighted by Crippen LogP contribution is -2.23. The van der Waals surface area contributed by atoms with Crippen LogP contribution in [0.1, 0.15) is 30.5 Å². The molecule has 0 spiro atoms. The van der Waals surface area contributed by atoms with Gasteiger partial charge in [0.2, 0.25) is 5.89 Å². The van der Waals surface area contributed by atoms with E-state index >= 15 is 0 Å². The van der Waals surface area contributed by atoms with E-state index in [4.69, 9.17) is 14.0 Å². The lowest BCUT2D eigenvalue weighted by atomic mass is 9.83. The first-order valence-corrected chi connectivity index (χ1v) is 6.99. The summed E-state index contributed by atoms with van der Waals surface area (Å²) in [6.07, 6.45) is 5.49. The maximum Gasteiger partial charge on any atom is 0.307 e. The van der Waals surface area contributed by atoms with E-state index in [1.54, 1.807) is 7.11 Å². The molecule has 0 bridgehead atoms. The number of carboxylic acid groups (broad SMARTS) is 1. The Kier molecular flexibility index (Phi) is 5.89. The van der Waals surface area contributed by atoms with Crippen LogP contribution in [0.25, 0.3) is 0 Å². The highest BCUT2D eigenvalue weighted by Gasteiger charge is 2.33. The number of aliphatic carboxylic acids is 1. The standard InChI is InChI=1S/C14H20N2O5/c1-19-8-9-20-7-6-12-15-13(21-16-12)10-4-2-3-5-11(10)14(17)18/h2-3,10-11H,4-9H2,1H3,(H,17,18)/t10-,11+/m1/s1. The number of hydrogen-bond donors (Lipinski definition) is 1. The number of carbonyl (C=O) groups is 1. The molecule has 0 saturated heterocycles. The topological polar surface area (TPSA) is 94.7 Å². The van der Waals surface area contributed by atoms with E-state index in [0.717, 1.165) is 0 Å². The summed E-state index contributed by atoms with van der Waals surface area (Å²) < 4.78 is 15.4. The van der Waals surface area contributed by atoms with Crippen LogP contribution < -0.4 is 0 Å². The summed E-state index contributed by atoms with van der Waals surface area (Å²) in [5.74, 6) is -0.629. The SMILES string of the molecule is COCCOCCc1noc([C@@H]2CC=CC[C@@H]2C(=O)O)n1. The van der Waals surface area contributed by atoms with Crippen molar-refractivity contribution in [3.8, 4) is 0 Å². The second-order valence-corrected chi connectivity index (χ2v) is 4.90. The van der Waals surface area contributed by atoms with Gasteiger partial charge in [0.05, 0.1) is 31.7 Å². The van der Waals surface area contributed by atoms with Crippen molar-refractivity contribution in [1.29, 1.82) is 0 Å². The number of rotatable bonds is 8. The monoisotopic (exact) mass is 296 g/mol. The normalized spacial score (nSPS) is 21.6. The number of hydrogen-bond acceptors (Lipinski definition) is 6. The first-order valence-electron chi connectivity index (χ1n) is 6.99. The third kappa shape index (κ3) is 4.37. The Morgan fingerprint density at radius 3 is 2.95 bits per heavy atom. The molecule has 0 aliphatic heterocycles. The van der Waals surface area contributed by atoms with Gasteiger partial charge in [-0.3, -0.25) is 4.79 Å². The molecule has 7 heteroatoms. The predicted octanol–water partition coefficient (Wildman–Crippen LogP) is 1.41. The van der Waals surface area contributed by atoms with Crippen molar-refractivity contribution in [2.45, 2.75) is 25.2 Å². The molecule has 1 aromatic rings. The molecule has 1 aliphatic rings. The van der Waals surface area contributed by atoms with Crippen molar-refractivity contribution in [1.82, 2.24) is 10.1 Å². The van der Waals surface area contributed by atoms with Crippen molar-refractivity contribution >= 4 is 5.97 Å². The highest BCUT2D eigenvalue weighted by molar-refractivity contribution is 5.71. The van der Waals surface area contributed by atoms with E-state index in [2.05, 4.69) is 10.1 Å². The van der Waals surface area contributed by atoms with Gasteiger partial charge in [0.1, 0.15) is 0 Å². The summed E-state index contributed by atoms with van der Waals surface area (Å²) >= 11 is 0. The van der Waals surface area contributed by atoms with Gasteiger partial charge in [-0.1, -0.05) is 17.3 Å². The molecule has 7 nitrogen and oxygen atoms in total. The van der Waals surface area contributed by atoms with Crippen LogP contribution in [0, 0.1) is 5.92 Å². The first kappa shape index (κ1) is 15.7. The molecule has 0 aromatic carbocycles. The Morgan fingerprint density at radius 2 is 2.19 bits per heavy atom. The molecular weight excluding hydrogens is 276 g/mol. The molecule has 1 heterocycles. The van der Waals surface area contributed by atoms with Gasteiger partial charge in [0.25, 0.3) is 0 Å². The Morgan fingerprint density at radius 1 is 1.38 bits per heavy atom. The van der Waals surface area contributed by atoms with Crippen LogP contribution in [0.15, 0.2) is 16.7 Å². The maximum atomic E-state index is 11.3. The van der Waals surface area contributed by atoms with Gasteiger partial charge < -0.3 is 19.1 Å². The summed E-state index contributed by atoms with van der Waals surface area (Å²) in [5.41, 5.74) is 0. The second kappa shape index (κ2) is 7.90. The van der Waals surface area contributed by atoms with Crippen molar-refractivity contribution in [3.63, 3.8) is 0 Å². The fourth-order valence-electron chi connectivity index (χ4n) is 2.29. The molecule has 0 unspecified atom stereocenters. The smallest absolute Gasteiger partial charge is 0.307 e. The van der Waals surface area contributed by atoms with Crippen LogP contribution in [-0.4, -0.2) is 48.1 Å². The summed E-state index contributed by atoms with van der Waals surface area (Å²) in [7, 11) is 1.62. The summed E-state index contributed by atoms with van der Waals surface area (Å²) in [5, 5.41) is 13.1. The van der Waals surface area contributed by atoms with Crippen molar-refractivity contribution in [3.05, 3.63) is 23.9 Å². The van der Waals surface area contributed by atoms with Gasteiger partial charge >= 0.3 is 5.97 Å². The van der Waals surface area contributed by atoms with E-state index in [1.165, 1.54) is 0 Å². The molecular formula is C14H20N2O5. The van der Waals surface area contributed by atoms with Crippen LogP contribution in [0.4, 0.5) is 0 Å². The van der Waals surface area contributed by atoms with E-state index in [-0.39, 0.29) is 5.92 Å². The zero-order valence-corrected chi connectivity index (χ0v) is 12.0. The molecule has 0 saturated carbocycles. The third-order valence-corrected chi connectivity index (χ3v) is 3.45. The van der Waals surface area contributed by atoms with Gasteiger partial charge in [-0.05, 0) is 12.8 Å². The number of methoxy groups -OCH3 is 1. The number of aromatic nitrogens is 2. The Hall–Kier alpha value is -1.73. The fourth-order valence-corrected chi connectivity index (χ4v) is 2.29. The van der Waals surface area contributed by atoms with E-state index in [9.17, 15) is 9.90 Å². The van der Waals surface area contributed by atoms with Gasteiger partial charge in [0.15, 0.2) is 5.82 Å². The average molecular weight is 296 g/mol. The second-order valence-electron chi connectivity index (χ2n) is 4.90. The summed E-state index contributed by atoms with van der Waals surface area (Å²) in [6.45, 7) is 1.55. The lowest BCUT2D eigenvalue weighted by molar-refractivity contribution is -0.142. The molecule has 21 heavy (non-hydrogen) atoms. The van der Waals surface area contributed by atoms with E-state index in [0.29, 0.717) is 50.8 Å². The van der Waals surface area contributed by atoms with Gasteiger partial charge in [-0.2, -0.15) is 4.98 Å². The highest BCUT2D eigenvalue weighted by Crippen LogP contribution is 2.33. The molecule has 1 aliphatic carbocycles. The minimum Gasteiger partial charge on any atom is -0.481 e. The number of ether oxygens (including phenoxy) is 2. The van der Waals surface area contributed by atoms with E-state index in [1.807, 2.05) is 12.2 Å². The molecule has 0 fully saturated rings. The Labute approximate surface area is 122 Å². The maximum absolute atomic E-state index is 11.3. The summed E-state index contributed by atoms with van der Waals surface area (Å²) in [4.78, 5) is 15.6. The zero-order chi connectivity index (χ0) is 15.1. The van der Waals surface area contributed by atoms with Gasteiger partial charge in [0, 0.05) is 13.5 Å². The van der Waals surface area contributed by atoms with Crippen LogP contribution >= 0.6 is 0 Å². The van der Waals surface area contributed by atoms with Crippen LogP contribution in [0.5, 0.6) is 0 Å². The van der Waals surface area contributed by atoms with Crippen molar-refractivity contribution in [2.75, 3.05) is 26.9 Å².